The molecule has 1 amide bonds. The first-order valence-electron chi connectivity index (χ1n) is 8.40. The zero-order valence-corrected chi connectivity index (χ0v) is 14.2. The molecule has 1 aromatic carbocycles. The minimum Gasteiger partial charge on any atom is -0.336 e. The first kappa shape index (κ1) is 15.6. The van der Waals surface area contributed by atoms with Crippen LogP contribution in [0.5, 0.6) is 0 Å². The molecule has 4 nitrogen and oxygen atoms in total. The van der Waals surface area contributed by atoms with Crippen LogP contribution in [0.25, 0.3) is 0 Å². The van der Waals surface area contributed by atoms with Gasteiger partial charge in [-0.2, -0.15) is 0 Å². The Morgan fingerprint density at radius 1 is 1.12 bits per heavy atom. The van der Waals surface area contributed by atoms with E-state index in [1.165, 1.54) is 5.56 Å². The predicted molar refractivity (Wildman–Crippen MR) is 93.9 cm³/mol. The Morgan fingerprint density at radius 2 is 1.83 bits per heavy atom. The predicted octanol–water partition coefficient (Wildman–Crippen LogP) is 3.22. The van der Waals surface area contributed by atoms with Crippen LogP contribution in [0.2, 0.25) is 5.02 Å². The Bertz CT molecular complexity index is 722. The average molecular weight is 342 g/mol. The standard InChI is InChI=1S/C19H20ClN3O/c20-16-3-1-2-14(10-16)11-23-17-4-5-18(23)13-22(12-17)19(24)15-6-8-21-9-7-15/h1-3,6-10,17-18H,4-5,11-13H2. The van der Waals surface area contributed by atoms with Gasteiger partial charge >= 0.3 is 0 Å². The fourth-order valence-electron chi connectivity index (χ4n) is 3.94. The van der Waals surface area contributed by atoms with Gasteiger partial charge in [-0.15, -0.1) is 0 Å². The van der Waals surface area contributed by atoms with E-state index >= 15 is 0 Å². The maximum Gasteiger partial charge on any atom is 0.254 e. The van der Waals surface area contributed by atoms with Gasteiger partial charge in [0.15, 0.2) is 0 Å². The molecule has 0 saturated carbocycles. The van der Waals surface area contributed by atoms with Gasteiger partial charge in [-0.3, -0.25) is 14.7 Å². The van der Waals surface area contributed by atoms with Gasteiger partial charge in [-0.25, -0.2) is 0 Å². The molecule has 0 N–H and O–H groups in total. The second-order valence-electron chi connectivity index (χ2n) is 6.63. The van der Waals surface area contributed by atoms with Gasteiger partial charge in [0.25, 0.3) is 5.91 Å². The normalized spacial score (nSPS) is 23.5. The van der Waals surface area contributed by atoms with Gasteiger partial charge in [0, 0.05) is 54.7 Å². The lowest BCUT2D eigenvalue weighted by Gasteiger charge is -2.41. The van der Waals surface area contributed by atoms with Crippen LogP contribution in [0.15, 0.2) is 48.8 Å². The molecule has 0 aliphatic carbocycles. The Kier molecular flexibility index (Phi) is 4.25. The van der Waals surface area contributed by atoms with Crippen molar-refractivity contribution < 1.29 is 4.79 Å². The van der Waals surface area contributed by atoms with E-state index in [-0.39, 0.29) is 5.91 Å². The highest BCUT2D eigenvalue weighted by Crippen LogP contribution is 2.32. The van der Waals surface area contributed by atoms with Gasteiger partial charge in [-0.1, -0.05) is 23.7 Å². The van der Waals surface area contributed by atoms with Crippen molar-refractivity contribution in [3.8, 4) is 0 Å². The van der Waals surface area contributed by atoms with E-state index in [2.05, 4.69) is 16.0 Å². The minimum absolute atomic E-state index is 0.122. The number of pyridine rings is 1. The van der Waals surface area contributed by atoms with Crippen molar-refractivity contribution >= 4 is 17.5 Å². The van der Waals surface area contributed by atoms with Gasteiger partial charge in [0.1, 0.15) is 0 Å². The molecule has 2 atom stereocenters. The molecule has 2 saturated heterocycles. The maximum absolute atomic E-state index is 12.7. The smallest absolute Gasteiger partial charge is 0.254 e. The van der Waals surface area contributed by atoms with E-state index in [0.717, 1.165) is 43.1 Å². The molecule has 2 aliphatic heterocycles. The fourth-order valence-corrected chi connectivity index (χ4v) is 4.15. The first-order chi connectivity index (χ1) is 11.7. The summed E-state index contributed by atoms with van der Waals surface area (Å²) in [5.74, 6) is 0.122. The number of likely N-dealkylation sites (tertiary alicyclic amines) is 1. The molecule has 2 bridgehead atoms. The van der Waals surface area contributed by atoms with Crippen LogP contribution < -0.4 is 0 Å². The van der Waals surface area contributed by atoms with E-state index in [0.29, 0.717) is 12.1 Å². The molecule has 0 spiro atoms. The molecule has 2 aliphatic rings. The summed E-state index contributed by atoms with van der Waals surface area (Å²) >= 11 is 6.11. The third kappa shape index (κ3) is 3.04. The van der Waals surface area contributed by atoms with Crippen LogP contribution in [0.3, 0.4) is 0 Å². The van der Waals surface area contributed by atoms with Crippen LogP contribution >= 0.6 is 11.6 Å². The van der Waals surface area contributed by atoms with Crippen molar-refractivity contribution in [1.82, 2.24) is 14.8 Å². The van der Waals surface area contributed by atoms with Gasteiger partial charge in [-0.05, 0) is 42.7 Å². The maximum atomic E-state index is 12.7. The van der Waals surface area contributed by atoms with Gasteiger partial charge in [0.2, 0.25) is 0 Å². The highest BCUT2D eigenvalue weighted by atomic mass is 35.5. The Morgan fingerprint density at radius 3 is 2.50 bits per heavy atom. The summed E-state index contributed by atoms with van der Waals surface area (Å²) in [5, 5.41) is 0.784. The minimum atomic E-state index is 0.122. The summed E-state index contributed by atoms with van der Waals surface area (Å²) in [6, 6.07) is 12.5. The Hall–Kier alpha value is -1.91. The van der Waals surface area contributed by atoms with Gasteiger partial charge in [0.05, 0.1) is 0 Å². The molecule has 1 aromatic heterocycles. The molecular formula is C19H20ClN3O. The summed E-state index contributed by atoms with van der Waals surface area (Å²) in [6.07, 6.45) is 5.67. The van der Waals surface area contributed by atoms with Crippen molar-refractivity contribution in [2.45, 2.75) is 31.5 Å². The number of piperazine rings is 1. The highest BCUT2D eigenvalue weighted by Gasteiger charge is 2.41. The lowest BCUT2D eigenvalue weighted by molar-refractivity contribution is 0.0423. The van der Waals surface area contributed by atoms with E-state index in [9.17, 15) is 4.79 Å². The summed E-state index contributed by atoms with van der Waals surface area (Å²) in [4.78, 5) is 21.2. The molecule has 24 heavy (non-hydrogen) atoms. The Balaban J connectivity index is 1.47. The van der Waals surface area contributed by atoms with Crippen LogP contribution in [0, 0.1) is 0 Å². The number of carbonyl (C=O) groups is 1. The second-order valence-corrected chi connectivity index (χ2v) is 7.07. The molecule has 5 heteroatoms. The number of amides is 1. The molecule has 124 valence electrons. The third-order valence-electron chi connectivity index (χ3n) is 5.10. The number of aromatic nitrogens is 1. The molecular weight excluding hydrogens is 322 g/mol. The van der Waals surface area contributed by atoms with Gasteiger partial charge < -0.3 is 4.90 Å². The van der Waals surface area contributed by atoms with Crippen molar-refractivity contribution in [2.75, 3.05) is 13.1 Å². The zero-order valence-electron chi connectivity index (χ0n) is 13.4. The summed E-state index contributed by atoms with van der Waals surface area (Å²) in [6.45, 7) is 2.52. The number of carbonyl (C=O) groups excluding carboxylic acids is 1. The van der Waals surface area contributed by atoms with Crippen molar-refractivity contribution in [1.29, 1.82) is 0 Å². The van der Waals surface area contributed by atoms with Crippen molar-refractivity contribution in [3.63, 3.8) is 0 Å². The fraction of sp³-hybridized carbons (Fsp3) is 0.368. The number of hydrogen-bond donors (Lipinski definition) is 0. The number of fused-ring (bicyclic) bond motifs is 2. The lowest BCUT2D eigenvalue weighted by atomic mass is 10.1. The molecule has 3 heterocycles. The third-order valence-corrected chi connectivity index (χ3v) is 5.34. The number of benzene rings is 1. The van der Waals surface area contributed by atoms with E-state index < -0.39 is 0 Å². The second kappa shape index (κ2) is 6.54. The van der Waals surface area contributed by atoms with Crippen LogP contribution in [-0.2, 0) is 6.54 Å². The molecule has 2 unspecified atom stereocenters. The lowest BCUT2D eigenvalue weighted by Crippen LogP contribution is -2.54. The summed E-state index contributed by atoms with van der Waals surface area (Å²) in [7, 11) is 0. The summed E-state index contributed by atoms with van der Waals surface area (Å²) in [5.41, 5.74) is 1.97. The average Bonchev–Trinajstić information content (AvgIpc) is 2.83. The number of hydrogen-bond acceptors (Lipinski definition) is 3. The topological polar surface area (TPSA) is 36.4 Å². The Labute approximate surface area is 147 Å². The quantitative estimate of drug-likeness (QED) is 0.860. The van der Waals surface area contributed by atoms with E-state index in [4.69, 9.17) is 11.6 Å². The van der Waals surface area contributed by atoms with Crippen LogP contribution in [0.4, 0.5) is 0 Å². The van der Waals surface area contributed by atoms with Crippen molar-refractivity contribution in [2.24, 2.45) is 0 Å². The first-order valence-corrected chi connectivity index (χ1v) is 8.78. The molecule has 2 fully saturated rings. The molecule has 2 aromatic rings. The van der Waals surface area contributed by atoms with E-state index in [1.807, 2.05) is 23.1 Å². The highest BCUT2D eigenvalue weighted by molar-refractivity contribution is 6.30. The zero-order chi connectivity index (χ0) is 16.5. The monoisotopic (exact) mass is 341 g/mol. The largest absolute Gasteiger partial charge is 0.336 e. The number of nitrogens with zero attached hydrogens (tertiary/aromatic N) is 3. The van der Waals surface area contributed by atoms with E-state index in [1.54, 1.807) is 24.5 Å². The van der Waals surface area contributed by atoms with Crippen molar-refractivity contribution in [3.05, 3.63) is 64.9 Å². The number of rotatable bonds is 3. The molecule has 0 radical (unpaired) electrons. The molecule has 4 rings (SSSR count). The SMILES string of the molecule is O=C(c1ccncc1)N1CC2CCC(C1)N2Cc1cccc(Cl)c1. The van der Waals surface area contributed by atoms with Crippen LogP contribution in [-0.4, -0.2) is 45.9 Å². The van der Waals surface area contributed by atoms with Crippen LogP contribution in [0.1, 0.15) is 28.8 Å². The number of halogens is 1. The summed E-state index contributed by atoms with van der Waals surface area (Å²) < 4.78 is 0.